The molecule has 126 valence electrons. The quantitative estimate of drug-likeness (QED) is 0.842. The normalized spacial score (nSPS) is 17.2. The molecule has 2 aromatic rings. The lowest BCUT2D eigenvalue weighted by Gasteiger charge is -2.33. The first-order valence-corrected chi connectivity index (χ1v) is 8.63. The van der Waals surface area contributed by atoms with Gasteiger partial charge in [0.25, 0.3) is 0 Å². The predicted molar refractivity (Wildman–Crippen MR) is 94.2 cm³/mol. The number of nitriles is 1. The van der Waals surface area contributed by atoms with Gasteiger partial charge in [0.15, 0.2) is 0 Å². The smallest absolute Gasteiger partial charge is 0.230 e. The highest BCUT2D eigenvalue weighted by molar-refractivity contribution is 5.97. The van der Waals surface area contributed by atoms with Gasteiger partial charge in [-0.25, -0.2) is 9.97 Å². The second kappa shape index (κ2) is 6.52. The van der Waals surface area contributed by atoms with E-state index in [2.05, 4.69) is 20.9 Å². The Kier molecular flexibility index (Phi) is 4.06. The molecule has 0 saturated carbocycles. The highest BCUT2D eigenvalue weighted by Gasteiger charge is 2.32. The molecule has 4 rings (SSSR count). The second-order valence-electron chi connectivity index (χ2n) is 6.48. The molecule has 0 aliphatic carbocycles. The molecule has 25 heavy (non-hydrogen) atoms. The van der Waals surface area contributed by atoms with E-state index in [4.69, 9.17) is 5.26 Å². The summed E-state index contributed by atoms with van der Waals surface area (Å²) in [5.74, 6) is 0.856. The number of carbonyl (C=O) groups excluding carboxylic acids is 1. The molecule has 1 aromatic carbocycles. The third-order valence-electron chi connectivity index (χ3n) is 5.04. The Hall–Kier alpha value is -2.94. The number of para-hydroxylation sites is 1. The molecule has 1 aromatic heterocycles. The van der Waals surface area contributed by atoms with E-state index in [0.717, 1.165) is 44.6 Å². The van der Waals surface area contributed by atoms with Crippen LogP contribution in [-0.2, 0) is 11.2 Å². The Morgan fingerprint density at radius 3 is 2.76 bits per heavy atom. The maximum Gasteiger partial charge on any atom is 0.230 e. The van der Waals surface area contributed by atoms with Gasteiger partial charge in [0, 0.05) is 37.4 Å². The van der Waals surface area contributed by atoms with E-state index in [1.54, 1.807) is 12.3 Å². The molecule has 0 N–H and O–H groups in total. The van der Waals surface area contributed by atoms with Crippen LogP contribution in [0.4, 0.5) is 11.6 Å². The van der Waals surface area contributed by atoms with Gasteiger partial charge in [-0.2, -0.15) is 5.26 Å². The number of fused-ring (bicyclic) bond motifs is 1. The summed E-state index contributed by atoms with van der Waals surface area (Å²) < 4.78 is 0. The average Bonchev–Trinajstić information content (AvgIpc) is 3.12. The Morgan fingerprint density at radius 1 is 1.16 bits per heavy atom. The first kappa shape index (κ1) is 15.6. The van der Waals surface area contributed by atoms with Crippen molar-refractivity contribution in [2.24, 2.45) is 5.92 Å². The number of carbonyl (C=O) groups is 1. The van der Waals surface area contributed by atoms with Crippen molar-refractivity contribution >= 4 is 17.5 Å². The molecule has 0 radical (unpaired) electrons. The van der Waals surface area contributed by atoms with E-state index < -0.39 is 0 Å². The second-order valence-corrected chi connectivity index (χ2v) is 6.48. The Balaban J connectivity index is 1.42. The monoisotopic (exact) mass is 333 g/mol. The molecule has 3 heterocycles. The number of aromatic nitrogens is 2. The summed E-state index contributed by atoms with van der Waals surface area (Å²) in [6.07, 6.45) is 4.13. The Bertz CT molecular complexity index is 836. The van der Waals surface area contributed by atoms with Gasteiger partial charge in [0.1, 0.15) is 11.8 Å². The summed E-state index contributed by atoms with van der Waals surface area (Å²) >= 11 is 0. The lowest BCUT2D eigenvalue weighted by molar-refractivity contribution is -0.122. The van der Waals surface area contributed by atoms with Crippen molar-refractivity contribution in [3.63, 3.8) is 0 Å². The molecule has 6 nitrogen and oxygen atoms in total. The van der Waals surface area contributed by atoms with Crippen molar-refractivity contribution < 1.29 is 4.79 Å². The van der Waals surface area contributed by atoms with E-state index >= 15 is 0 Å². The van der Waals surface area contributed by atoms with Crippen molar-refractivity contribution in [2.45, 2.75) is 19.3 Å². The molecule has 2 aliphatic heterocycles. The summed E-state index contributed by atoms with van der Waals surface area (Å²) in [5, 5.41) is 8.97. The number of piperidine rings is 1. The Labute approximate surface area is 146 Å². The van der Waals surface area contributed by atoms with Gasteiger partial charge in [0.05, 0.1) is 0 Å². The zero-order valence-corrected chi connectivity index (χ0v) is 13.9. The van der Waals surface area contributed by atoms with Gasteiger partial charge in [-0.3, -0.25) is 4.79 Å². The van der Waals surface area contributed by atoms with Crippen LogP contribution in [0.1, 0.15) is 24.1 Å². The van der Waals surface area contributed by atoms with Gasteiger partial charge in [0.2, 0.25) is 11.9 Å². The number of rotatable bonds is 2. The van der Waals surface area contributed by atoms with Gasteiger partial charge in [-0.05, 0) is 37.0 Å². The summed E-state index contributed by atoms with van der Waals surface area (Å²) in [4.78, 5) is 25.5. The molecule has 1 amide bonds. The van der Waals surface area contributed by atoms with Crippen LogP contribution < -0.4 is 9.80 Å². The lowest BCUT2D eigenvalue weighted by atomic mass is 9.95. The largest absolute Gasteiger partial charge is 0.341 e. The highest BCUT2D eigenvalue weighted by atomic mass is 16.2. The minimum atomic E-state index is 0.0431. The van der Waals surface area contributed by atoms with Crippen molar-refractivity contribution in [2.75, 3.05) is 29.4 Å². The Morgan fingerprint density at radius 2 is 1.96 bits per heavy atom. The van der Waals surface area contributed by atoms with E-state index in [-0.39, 0.29) is 11.8 Å². The summed E-state index contributed by atoms with van der Waals surface area (Å²) in [6.45, 7) is 2.26. The number of benzene rings is 1. The summed E-state index contributed by atoms with van der Waals surface area (Å²) in [7, 11) is 0. The van der Waals surface area contributed by atoms with E-state index in [1.807, 2.05) is 29.2 Å². The fraction of sp³-hybridized carbons (Fsp3) is 0.368. The van der Waals surface area contributed by atoms with Crippen LogP contribution in [0.15, 0.2) is 36.5 Å². The first-order valence-electron chi connectivity index (χ1n) is 8.63. The van der Waals surface area contributed by atoms with Crippen molar-refractivity contribution in [3.8, 4) is 6.07 Å². The van der Waals surface area contributed by atoms with Crippen molar-refractivity contribution in [1.82, 2.24) is 9.97 Å². The van der Waals surface area contributed by atoms with Crippen LogP contribution in [0.2, 0.25) is 0 Å². The maximum absolute atomic E-state index is 12.9. The zero-order valence-electron chi connectivity index (χ0n) is 13.9. The van der Waals surface area contributed by atoms with E-state index in [1.165, 1.54) is 5.56 Å². The maximum atomic E-state index is 12.9. The SMILES string of the molecule is N#Cc1ccnc(N2CCC(C(=O)N3CCc4ccccc43)CC2)n1. The molecule has 1 saturated heterocycles. The van der Waals surface area contributed by atoms with Crippen molar-refractivity contribution in [1.29, 1.82) is 5.26 Å². The minimum Gasteiger partial charge on any atom is -0.341 e. The van der Waals surface area contributed by atoms with Crippen LogP contribution in [0.3, 0.4) is 0 Å². The van der Waals surface area contributed by atoms with Crippen LogP contribution in [0.5, 0.6) is 0 Å². The number of hydrogen-bond acceptors (Lipinski definition) is 5. The molecule has 6 heteroatoms. The van der Waals surface area contributed by atoms with Crippen LogP contribution in [-0.4, -0.2) is 35.5 Å². The number of nitrogens with zero attached hydrogens (tertiary/aromatic N) is 5. The fourth-order valence-electron chi connectivity index (χ4n) is 3.68. The fourth-order valence-corrected chi connectivity index (χ4v) is 3.68. The van der Waals surface area contributed by atoms with Gasteiger partial charge in [-0.1, -0.05) is 18.2 Å². The standard InChI is InChI=1S/C19H19N5O/c20-13-16-5-9-21-19(22-16)23-10-6-15(7-11-23)18(25)24-12-8-14-3-1-2-4-17(14)24/h1-5,9,15H,6-8,10-12H2. The lowest BCUT2D eigenvalue weighted by Crippen LogP contribution is -2.42. The molecule has 0 spiro atoms. The van der Waals surface area contributed by atoms with Gasteiger partial charge in [-0.15, -0.1) is 0 Å². The molecular formula is C19H19N5O. The van der Waals surface area contributed by atoms with E-state index in [9.17, 15) is 4.79 Å². The molecule has 0 bridgehead atoms. The van der Waals surface area contributed by atoms with Crippen LogP contribution in [0.25, 0.3) is 0 Å². The van der Waals surface area contributed by atoms with E-state index in [0.29, 0.717) is 11.6 Å². The summed E-state index contributed by atoms with van der Waals surface area (Å²) in [5.41, 5.74) is 2.70. The van der Waals surface area contributed by atoms with Crippen LogP contribution in [0, 0.1) is 17.2 Å². The first-order chi connectivity index (χ1) is 12.3. The average molecular weight is 333 g/mol. The van der Waals surface area contributed by atoms with Gasteiger partial charge < -0.3 is 9.80 Å². The van der Waals surface area contributed by atoms with Gasteiger partial charge >= 0.3 is 0 Å². The van der Waals surface area contributed by atoms with Crippen LogP contribution >= 0.6 is 0 Å². The minimum absolute atomic E-state index is 0.0431. The number of anilines is 2. The topological polar surface area (TPSA) is 73.1 Å². The molecular weight excluding hydrogens is 314 g/mol. The third-order valence-corrected chi connectivity index (χ3v) is 5.04. The molecule has 0 unspecified atom stereocenters. The third kappa shape index (κ3) is 2.93. The molecule has 2 aliphatic rings. The predicted octanol–water partition coefficient (Wildman–Crippen LogP) is 2.15. The number of hydrogen-bond donors (Lipinski definition) is 0. The zero-order chi connectivity index (χ0) is 17.2. The van der Waals surface area contributed by atoms with Crippen molar-refractivity contribution in [3.05, 3.63) is 47.8 Å². The highest BCUT2D eigenvalue weighted by Crippen LogP contribution is 2.31. The molecule has 1 fully saturated rings. The molecule has 0 atom stereocenters. The number of amides is 1. The summed E-state index contributed by atoms with van der Waals surface area (Å²) in [6, 6.07) is 11.8.